The minimum Gasteiger partial charge on any atom is -0.325 e. The fourth-order valence-electron chi connectivity index (χ4n) is 3.02. The lowest BCUT2D eigenvalue weighted by atomic mass is 10.0. The van der Waals surface area contributed by atoms with Gasteiger partial charge in [0.15, 0.2) is 0 Å². The van der Waals surface area contributed by atoms with E-state index in [-0.39, 0.29) is 18.3 Å². The average molecular weight is 361 g/mol. The number of hydrogen-bond donors (Lipinski definition) is 2. The zero-order chi connectivity index (χ0) is 13.2. The van der Waals surface area contributed by atoms with Crippen LogP contribution >= 0.6 is 28.3 Å². The standard InChI is InChI=1S/C14H18BrN3O.ClH/c15-12-1-3-13(4-2-12)17-14(19)9-18-7-10-5-16-6-11(10)8-18;/h1-4,10-11,16H,5-9H2,(H,17,19);1H/t10-,11+;. The van der Waals surface area contributed by atoms with Gasteiger partial charge in [0, 0.05) is 23.2 Å². The van der Waals surface area contributed by atoms with E-state index in [1.54, 1.807) is 0 Å². The third-order valence-corrected chi connectivity index (χ3v) is 4.49. The molecule has 1 aromatic carbocycles. The number of anilines is 1. The summed E-state index contributed by atoms with van der Waals surface area (Å²) in [6, 6.07) is 7.68. The molecule has 3 rings (SSSR count). The van der Waals surface area contributed by atoms with Crippen molar-refractivity contribution in [3.63, 3.8) is 0 Å². The highest BCUT2D eigenvalue weighted by Gasteiger charge is 2.36. The van der Waals surface area contributed by atoms with Gasteiger partial charge in [0.1, 0.15) is 0 Å². The van der Waals surface area contributed by atoms with E-state index < -0.39 is 0 Å². The largest absolute Gasteiger partial charge is 0.325 e. The van der Waals surface area contributed by atoms with Crippen LogP contribution < -0.4 is 10.6 Å². The lowest BCUT2D eigenvalue weighted by Gasteiger charge is -2.16. The molecule has 4 nitrogen and oxygen atoms in total. The van der Waals surface area contributed by atoms with Crippen LogP contribution in [-0.2, 0) is 4.79 Å². The molecule has 0 unspecified atom stereocenters. The van der Waals surface area contributed by atoms with Gasteiger partial charge < -0.3 is 10.6 Å². The molecule has 0 radical (unpaired) electrons. The highest BCUT2D eigenvalue weighted by Crippen LogP contribution is 2.25. The summed E-state index contributed by atoms with van der Waals surface area (Å²) in [6.07, 6.45) is 0. The van der Waals surface area contributed by atoms with Crippen LogP contribution in [0.5, 0.6) is 0 Å². The summed E-state index contributed by atoms with van der Waals surface area (Å²) < 4.78 is 1.02. The summed E-state index contributed by atoms with van der Waals surface area (Å²) in [5.74, 6) is 1.55. The number of benzene rings is 1. The molecular weight excluding hydrogens is 342 g/mol. The van der Waals surface area contributed by atoms with E-state index in [2.05, 4.69) is 31.5 Å². The van der Waals surface area contributed by atoms with Gasteiger partial charge in [-0.05, 0) is 49.2 Å². The Morgan fingerprint density at radius 2 is 1.85 bits per heavy atom. The molecule has 0 saturated carbocycles. The zero-order valence-electron chi connectivity index (χ0n) is 11.1. The Morgan fingerprint density at radius 1 is 1.25 bits per heavy atom. The summed E-state index contributed by atoms with van der Waals surface area (Å²) in [5, 5.41) is 6.36. The second kappa shape index (κ2) is 6.89. The highest BCUT2D eigenvalue weighted by molar-refractivity contribution is 9.10. The molecule has 1 aromatic rings. The molecule has 2 N–H and O–H groups in total. The molecule has 2 saturated heterocycles. The van der Waals surface area contributed by atoms with Gasteiger partial charge in [-0.2, -0.15) is 0 Å². The van der Waals surface area contributed by atoms with Crippen molar-refractivity contribution in [2.45, 2.75) is 0 Å². The molecule has 2 atom stereocenters. The Morgan fingerprint density at radius 3 is 2.45 bits per heavy atom. The molecule has 2 heterocycles. The van der Waals surface area contributed by atoms with Gasteiger partial charge >= 0.3 is 0 Å². The van der Waals surface area contributed by atoms with Crippen LogP contribution in [0.15, 0.2) is 28.7 Å². The maximum Gasteiger partial charge on any atom is 0.238 e. The first-order chi connectivity index (χ1) is 9.20. The molecule has 2 aliphatic rings. The van der Waals surface area contributed by atoms with Crippen LogP contribution in [-0.4, -0.2) is 43.5 Å². The van der Waals surface area contributed by atoms with E-state index in [1.807, 2.05) is 24.3 Å². The van der Waals surface area contributed by atoms with E-state index in [0.717, 1.165) is 48.2 Å². The van der Waals surface area contributed by atoms with Crippen LogP contribution in [0.4, 0.5) is 5.69 Å². The molecular formula is C14H19BrClN3O. The Kier molecular flexibility index (Phi) is 5.43. The van der Waals surface area contributed by atoms with Crippen molar-refractivity contribution in [3.05, 3.63) is 28.7 Å². The molecule has 0 aromatic heterocycles. The molecule has 110 valence electrons. The fourth-order valence-corrected chi connectivity index (χ4v) is 3.28. The fraction of sp³-hybridized carbons (Fsp3) is 0.500. The van der Waals surface area contributed by atoms with E-state index in [1.165, 1.54) is 0 Å². The smallest absolute Gasteiger partial charge is 0.238 e. The first-order valence-electron chi connectivity index (χ1n) is 6.69. The Balaban J connectivity index is 0.00000147. The summed E-state index contributed by atoms with van der Waals surface area (Å²) in [5.41, 5.74) is 0.856. The first-order valence-corrected chi connectivity index (χ1v) is 7.48. The monoisotopic (exact) mass is 359 g/mol. The van der Waals surface area contributed by atoms with Gasteiger partial charge in [0.05, 0.1) is 6.54 Å². The second-order valence-electron chi connectivity index (χ2n) is 5.43. The van der Waals surface area contributed by atoms with Crippen molar-refractivity contribution in [1.82, 2.24) is 10.2 Å². The zero-order valence-corrected chi connectivity index (χ0v) is 13.5. The topological polar surface area (TPSA) is 44.4 Å². The maximum absolute atomic E-state index is 12.0. The molecule has 20 heavy (non-hydrogen) atoms. The van der Waals surface area contributed by atoms with E-state index >= 15 is 0 Å². The molecule has 0 spiro atoms. The minimum absolute atomic E-state index is 0. The number of nitrogens with one attached hydrogen (secondary N) is 2. The summed E-state index contributed by atoms with van der Waals surface area (Å²) in [4.78, 5) is 14.3. The number of rotatable bonds is 3. The Bertz CT molecular complexity index is 456. The SMILES string of the molecule is Cl.O=C(CN1C[C@H]2CNC[C@H]2C1)Nc1ccc(Br)cc1. The van der Waals surface area contributed by atoms with Crippen LogP contribution in [0.25, 0.3) is 0 Å². The molecule has 2 aliphatic heterocycles. The number of carbonyl (C=O) groups excluding carboxylic acids is 1. The summed E-state index contributed by atoms with van der Waals surface area (Å²) in [6.45, 7) is 4.81. The lowest BCUT2D eigenvalue weighted by molar-refractivity contribution is -0.117. The van der Waals surface area contributed by atoms with Gasteiger partial charge in [-0.1, -0.05) is 15.9 Å². The highest BCUT2D eigenvalue weighted by atomic mass is 79.9. The van der Waals surface area contributed by atoms with Gasteiger partial charge in [-0.25, -0.2) is 0 Å². The normalized spacial score (nSPS) is 25.1. The number of likely N-dealkylation sites (tertiary alicyclic amines) is 1. The van der Waals surface area contributed by atoms with E-state index in [4.69, 9.17) is 0 Å². The minimum atomic E-state index is 0. The average Bonchev–Trinajstić information content (AvgIpc) is 2.92. The van der Waals surface area contributed by atoms with Crippen molar-refractivity contribution in [2.75, 3.05) is 38.0 Å². The summed E-state index contributed by atoms with van der Waals surface area (Å²) >= 11 is 3.38. The van der Waals surface area contributed by atoms with Crippen molar-refractivity contribution >= 4 is 39.9 Å². The molecule has 2 fully saturated rings. The van der Waals surface area contributed by atoms with Gasteiger partial charge in [-0.3, -0.25) is 9.69 Å². The lowest BCUT2D eigenvalue weighted by Crippen LogP contribution is -2.33. The number of fused-ring (bicyclic) bond motifs is 1. The van der Waals surface area contributed by atoms with E-state index in [0.29, 0.717) is 6.54 Å². The van der Waals surface area contributed by atoms with Gasteiger partial charge in [0.25, 0.3) is 0 Å². The second-order valence-corrected chi connectivity index (χ2v) is 6.34. The van der Waals surface area contributed by atoms with Gasteiger partial charge in [0.2, 0.25) is 5.91 Å². The number of amides is 1. The van der Waals surface area contributed by atoms with Crippen molar-refractivity contribution in [3.8, 4) is 0 Å². The van der Waals surface area contributed by atoms with Gasteiger partial charge in [-0.15, -0.1) is 12.4 Å². The van der Waals surface area contributed by atoms with Crippen LogP contribution in [0.1, 0.15) is 0 Å². The van der Waals surface area contributed by atoms with E-state index in [9.17, 15) is 4.79 Å². The van der Waals surface area contributed by atoms with Crippen LogP contribution in [0.3, 0.4) is 0 Å². The number of halogens is 2. The Labute approximate surface area is 133 Å². The molecule has 1 amide bonds. The summed E-state index contributed by atoms with van der Waals surface area (Å²) in [7, 11) is 0. The first kappa shape index (κ1) is 15.8. The molecule has 6 heteroatoms. The van der Waals surface area contributed by atoms with Crippen molar-refractivity contribution < 1.29 is 4.79 Å². The quantitative estimate of drug-likeness (QED) is 0.866. The number of carbonyl (C=O) groups is 1. The molecule has 0 aliphatic carbocycles. The predicted molar refractivity (Wildman–Crippen MR) is 86.3 cm³/mol. The predicted octanol–water partition coefficient (Wildman–Crippen LogP) is 1.96. The third kappa shape index (κ3) is 3.73. The van der Waals surface area contributed by atoms with Crippen LogP contribution in [0, 0.1) is 11.8 Å². The number of nitrogens with zero attached hydrogens (tertiary/aromatic N) is 1. The van der Waals surface area contributed by atoms with Crippen LogP contribution in [0.2, 0.25) is 0 Å². The van der Waals surface area contributed by atoms with Crippen molar-refractivity contribution in [1.29, 1.82) is 0 Å². The maximum atomic E-state index is 12.0. The third-order valence-electron chi connectivity index (χ3n) is 3.96. The molecule has 0 bridgehead atoms. The van der Waals surface area contributed by atoms with Crippen molar-refractivity contribution in [2.24, 2.45) is 11.8 Å². The number of hydrogen-bond acceptors (Lipinski definition) is 3. The Hall–Kier alpha value is -0.620.